The molecule has 15 heavy (non-hydrogen) atoms. The number of rotatable bonds is 1. The van der Waals surface area contributed by atoms with Crippen LogP contribution in [0.15, 0.2) is 18.2 Å². The molecule has 0 amide bonds. The quantitative estimate of drug-likeness (QED) is 0.558. The van der Waals surface area contributed by atoms with Crippen molar-refractivity contribution >= 4 is 30.1 Å². The van der Waals surface area contributed by atoms with Gasteiger partial charge in [-0.2, -0.15) is 0 Å². The van der Waals surface area contributed by atoms with E-state index in [9.17, 15) is 0 Å². The average molecular weight is 240 g/mol. The zero-order valence-corrected chi connectivity index (χ0v) is 10.7. The van der Waals surface area contributed by atoms with Crippen molar-refractivity contribution < 1.29 is 0 Å². The van der Waals surface area contributed by atoms with Crippen LogP contribution in [0.25, 0.3) is 0 Å². The van der Waals surface area contributed by atoms with Gasteiger partial charge in [0.2, 0.25) is 0 Å². The molecule has 1 nitrogen and oxygen atoms in total. The Morgan fingerprint density at radius 2 is 2.00 bits per heavy atom. The fourth-order valence-corrected chi connectivity index (χ4v) is 1.31. The van der Waals surface area contributed by atoms with Crippen LogP contribution in [0.3, 0.4) is 0 Å². The van der Waals surface area contributed by atoms with Gasteiger partial charge in [-0.15, -0.1) is 0 Å². The number of thiol groups is 1. The van der Waals surface area contributed by atoms with E-state index >= 15 is 0 Å². The Balaban J connectivity index is 3.01. The highest BCUT2D eigenvalue weighted by molar-refractivity contribution is 7.81. The van der Waals surface area contributed by atoms with Crippen molar-refractivity contribution in [2.45, 2.75) is 20.8 Å². The Bertz CT molecular complexity index is 410. The Hall–Kier alpha value is -0.780. The summed E-state index contributed by atoms with van der Waals surface area (Å²) in [6.07, 6.45) is 0. The van der Waals surface area contributed by atoms with E-state index in [1.807, 2.05) is 12.1 Å². The number of nitrogens with one attached hydrogen (secondary N) is 1. The molecular weight excluding hydrogens is 226 g/mol. The summed E-state index contributed by atoms with van der Waals surface area (Å²) in [5, 5.41) is 0.644. The molecule has 0 aliphatic carbocycles. The molecule has 0 bridgehead atoms. The number of benzene rings is 1. The lowest BCUT2D eigenvalue weighted by molar-refractivity contribution is 0.571. The van der Waals surface area contributed by atoms with Crippen LogP contribution < -0.4 is 4.72 Å². The largest absolute Gasteiger partial charge is 0.332 e. The summed E-state index contributed by atoms with van der Waals surface area (Å²) in [6.45, 7) is 6.20. The van der Waals surface area contributed by atoms with Gasteiger partial charge in [0.1, 0.15) is 0 Å². The van der Waals surface area contributed by atoms with Crippen LogP contribution in [-0.2, 0) is 0 Å². The van der Waals surface area contributed by atoms with E-state index in [0.717, 1.165) is 11.3 Å². The molecule has 0 heterocycles. The first-order valence-electron chi connectivity index (χ1n) is 4.65. The molecular formula is C12H14ClNS. The summed E-state index contributed by atoms with van der Waals surface area (Å²) < 4.78 is 2.73. The maximum absolute atomic E-state index is 6.06. The Morgan fingerprint density at radius 3 is 2.47 bits per heavy atom. The van der Waals surface area contributed by atoms with Crippen molar-refractivity contribution in [3.05, 3.63) is 28.8 Å². The maximum atomic E-state index is 6.06. The summed E-state index contributed by atoms with van der Waals surface area (Å²) in [7, 11) is 0. The lowest BCUT2D eigenvalue weighted by Gasteiger charge is -2.07. The molecule has 1 aromatic carbocycles. The maximum Gasteiger partial charge on any atom is 0.0583 e. The predicted octanol–water partition coefficient (Wildman–Crippen LogP) is 3.99. The summed E-state index contributed by atoms with van der Waals surface area (Å²) in [5.41, 5.74) is 1.70. The van der Waals surface area contributed by atoms with Crippen LogP contribution in [0, 0.1) is 17.3 Å². The van der Waals surface area contributed by atoms with Gasteiger partial charge in [-0.25, -0.2) is 0 Å². The number of halogens is 1. The highest BCUT2D eigenvalue weighted by Crippen LogP contribution is 2.21. The van der Waals surface area contributed by atoms with Crippen LogP contribution in [0.1, 0.15) is 26.3 Å². The van der Waals surface area contributed by atoms with E-state index in [1.165, 1.54) is 0 Å². The minimum atomic E-state index is -0.0101. The van der Waals surface area contributed by atoms with Crippen molar-refractivity contribution in [2.24, 2.45) is 5.41 Å². The molecule has 0 aliphatic rings. The first kappa shape index (κ1) is 12.3. The van der Waals surface area contributed by atoms with Crippen molar-refractivity contribution in [1.82, 2.24) is 0 Å². The van der Waals surface area contributed by atoms with E-state index in [4.69, 9.17) is 11.6 Å². The second-order valence-corrected chi connectivity index (χ2v) is 4.94. The van der Waals surface area contributed by atoms with Crippen molar-refractivity contribution in [2.75, 3.05) is 4.72 Å². The van der Waals surface area contributed by atoms with Crippen LogP contribution in [0.5, 0.6) is 0 Å². The Morgan fingerprint density at radius 1 is 1.33 bits per heavy atom. The Kier molecular flexibility index (Phi) is 3.96. The van der Waals surface area contributed by atoms with E-state index in [0.29, 0.717) is 5.02 Å². The lowest BCUT2D eigenvalue weighted by Crippen LogP contribution is -1.99. The van der Waals surface area contributed by atoms with Gasteiger partial charge in [-0.1, -0.05) is 36.3 Å². The molecule has 80 valence electrons. The molecule has 0 spiro atoms. The number of hydrogen-bond donors (Lipinski definition) is 2. The van der Waals surface area contributed by atoms with E-state index in [-0.39, 0.29) is 5.41 Å². The molecule has 0 aromatic heterocycles. The van der Waals surface area contributed by atoms with E-state index in [2.05, 4.69) is 50.1 Å². The van der Waals surface area contributed by atoms with Gasteiger partial charge in [0.25, 0.3) is 0 Å². The molecule has 1 N–H and O–H groups in total. The molecule has 3 heteroatoms. The van der Waals surface area contributed by atoms with Gasteiger partial charge < -0.3 is 4.72 Å². The third kappa shape index (κ3) is 4.07. The molecule has 0 saturated heterocycles. The summed E-state index contributed by atoms with van der Waals surface area (Å²) in [4.78, 5) is 0. The number of hydrogen-bond acceptors (Lipinski definition) is 2. The van der Waals surface area contributed by atoms with Crippen molar-refractivity contribution in [3.8, 4) is 11.8 Å². The first-order valence-corrected chi connectivity index (χ1v) is 5.48. The van der Waals surface area contributed by atoms with Gasteiger partial charge >= 0.3 is 0 Å². The number of anilines is 1. The molecule has 0 fully saturated rings. The molecule has 0 aliphatic heterocycles. The SMILES string of the molecule is CC(C)(C)C#Cc1ccc(NS)cc1Cl. The zero-order valence-electron chi connectivity index (χ0n) is 9.06. The molecule has 0 saturated carbocycles. The standard InChI is InChI=1S/C12H14ClNS/c1-12(2,3)7-6-9-4-5-10(14-15)8-11(9)13/h4-5,8,14-15H,1-3H3. The highest BCUT2D eigenvalue weighted by Gasteiger charge is 2.04. The predicted molar refractivity (Wildman–Crippen MR) is 70.4 cm³/mol. The van der Waals surface area contributed by atoms with Crippen LogP contribution >= 0.6 is 24.4 Å². The zero-order chi connectivity index (χ0) is 11.5. The van der Waals surface area contributed by atoms with Crippen molar-refractivity contribution in [1.29, 1.82) is 0 Å². The third-order valence-electron chi connectivity index (χ3n) is 1.67. The summed E-state index contributed by atoms with van der Waals surface area (Å²) >= 11 is 10.0. The average Bonchev–Trinajstić information content (AvgIpc) is 2.14. The van der Waals surface area contributed by atoms with Crippen LogP contribution in [-0.4, -0.2) is 0 Å². The normalized spacial score (nSPS) is 10.5. The Labute approximate surface area is 102 Å². The molecule has 0 atom stereocenters. The second-order valence-electron chi connectivity index (χ2n) is 4.31. The van der Waals surface area contributed by atoms with Gasteiger partial charge in [0.15, 0.2) is 0 Å². The third-order valence-corrected chi connectivity index (χ3v) is 2.24. The fraction of sp³-hybridized carbons (Fsp3) is 0.333. The molecule has 1 rings (SSSR count). The first-order chi connectivity index (χ1) is 6.92. The monoisotopic (exact) mass is 239 g/mol. The summed E-state index contributed by atoms with van der Waals surface area (Å²) in [5.74, 6) is 6.21. The van der Waals surface area contributed by atoms with Gasteiger partial charge in [-0.05, 0) is 39.0 Å². The van der Waals surface area contributed by atoms with Gasteiger partial charge in [0.05, 0.1) is 5.02 Å². The second kappa shape index (κ2) is 4.83. The van der Waals surface area contributed by atoms with Crippen molar-refractivity contribution in [3.63, 3.8) is 0 Å². The minimum absolute atomic E-state index is 0.0101. The highest BCUT2D eigenvalue weighted by atomic mass is 35.5. The lowest BCUT2D eigenvalue weighted by atomic mass is 9.97. The van der Waals surface area contributed by atoms with Gasteiger partial charge in [-0.3, -0.25) is 0 Å². The molecule has 0 radical (unpaired) electrons. The van der Waals surface area contributed by atoms with E-state index in [1.54, 1.807) is 6.07 Å². The summed E-state index contributed by atoms with van der Waals surface area (Å²) in [6, 6.07) is 5.59. The van der Waals surface area contributed by atoms with E-state index < -0.39 is 0 Å². The molecule has 0 unspecified atom stereocenters. The fourth-order valence-electron chi connectivity index (χ4n) is 0.941. The topological polar surface area (TPSA) is 12.0 Å². The van der Waals surface area contributed by atoms with Crippen LogP contribution in [0.2, 0.25) is 5.02 Å². The van der Waals surface area contributed by atoms with Crippen LogP contribution in [0.4, 0.5) is 5.69 Å². The molecule has 1 aromatic rings. The smallest absolute Gasteiger partial charge is 0.0583 e. The minimum Gasteiger partial charge on any atom is -0.332 e. The van der Waals surface area contributed by atoms with Gasteiger partial charge in [0, 0.05) is 16.7 Å².